The van der Waals surface area contributed by atoms with Gasteiger partial charge in [-0.1, -0.05) is 11.6 Å². The maximum absolute atomic E-state index is 11.9. The number of amides is 2. The molecule has 0 aliphatic carbocycles. The second kappa shape index (κ2) is 9.68. The van der Waals surface area contributed by atoms with E-state index in [4.69, 9.17) is 21.1 Å². The highest BCUT2D eigenvalue weighted by Crippen LogP contribution is 2.17. The number of hydrogen-bond acceptors (Lipinski definition) is 4. The quantitative estimate of drug-likeness (QED) is 0.741. The summed E-state index contributed by atoms with van der Waals surface area (Å²) in [5, 5.41) is 5.77. The molecule has 0 fully saturated rings. The highest BCUT2D eigenvalue weighted by atomic mass is 35.5. The SMILES string of the molecule is CC(C)Oc1ccc(NC(=O)CNC(=O)COc2ccc(Cl)cc2)cc1. The third-order valence-electron chi connectivity index (χ3n) is 3.14. The second-order valence-electron chi connectivity index (χ2n) is 5.76. The first-order valence-corrected chi connectivity index (χ1v) is 8.52. The van der Waals surface area contributed by atoms with Gasteiger partial charge in [-0.25, -0.2) is 0 Å². The number of benzene rings is 2. The molecule has 0 bridgehead atoms. The molecule has 0 aromatic heterocycles. The summed E-state index contributed by atoms with van der Waals surface area (Å²) in [6, 6.07) is 13.7. The molecule has 6 nitrogen and oxygen atoms in total. The number of hydrogen-bond donors (Lipinski definition) is 2. The van der Waals surface area contributed by atoms with E-state index in [0.717, 1.165) is 5.75 Å². The molecule has 7 heteroatoms. The molecule has 2 N–H and O–H groups in total. The molecule has 0 spiro atoms. The molecule has 2 aromatic rings. The summed E-state index contributed by atoms with van der Waals surface area (Å²) in [5.74, 6) is 0.529. The summed E-state index contributed by atoms with van der Waals surface area (Å²) < 4.78 is 10.8. The summed E-state index contributed by atoms with van der Waals surface area (Å²) in [6.45, 7) is 3.55. The smallest absolute Gasteiger partial charge is 0.258 e. The van der Waals surface area contributed by atoms with Crippen LogP contribution in [0, 0.1) is 0 Å². The van der Waals surface area contributed by atoms with Gasteiger partial charge >= 0.3 is 0 Å². The highest BCUT2D eigenvalue weighted by molar-refractivity contribution is 6.30. The monoisotopic (exact) mass is 376 g/mol. The minimum atomic E-state index is -0.393. The van der Waals surface area contributed by atoms with Crippen molar-refractivity contribution >= 4 is 29.1 Å². The van der Waals surface area contributed by atoms with E-state index in [-0.39, 0.29) is 25.2 Å². The lowest BCUT2D eigenvalue weighted by Gasteiger charge is -2.11. The van der Waals surface area contributed by atoms with E-state index in [1.165, 1.54) is 0 Å². The van der Waals surface area contributed by atoms with E-state index in [9.17, 15) is 9.59 Å². The van der Waals surface area contributed by atoms with Gasteiger partial charge < -0.3 is 20.1 Å². The average Bonchev–Trinajstić information content (AvgIpc) is 2.61. The Morgan fingerprint density at radius 1 is 0.962 bits per heavy atom. The molecule has 26 heavy (non-hydrogen) atoms. The van der Waals surface area contributed by atoms with Gasteiger partial charge in [0.1, 0.15) is 11.5 Å². The fourth-order valence-corrected chi connectivity index (χ4v) is 2.13. The van der Waals surface area contributed by atoms with Gasteiger partial charge in [-0.3, -0.25) is 9.59 Å². The topological polar surface area (TPSA) is 76.7 Å². The number of carbonyl (C=O) groups is 2. The van der Waals surface area contributed by atoms with Gasteiger partial charge in [0.2, 0.25) is 5.91 Å². The Bertz CT molecular complexity index is 730. The Morgan fingerprint density at radius 2 is 1.58 bits per heavy atom. The number of nitrogens with one attached hydrogen (secondary N) is 2. The summed E-state index contributed by atoms with van der Waals surface area (Å²) in [7, 11) is 0. The first kappa shape index (κ1) is 19.6. The minimum absolute atomic E-state index is 0.0840. The molecule has 0 heterocycles. The van der Waals surface area contributed by atoms with Crippen molar-refractivity contribution in [3.05, 3.63) is 53.6 Å². The van der Waals surface area contributed by atoms with Crippen molar-refractivity contribution in [2.75, 3.05) is 18.5 Å². The van der Waals surface area contributed by atoms with Crippen LogP contribution in [0.25, 0.3) is 0 Å². The molecule has 2 rings (SSSR count). The number of rotatable bonds is 8. The van der Waals surface area contributed by atoms with E-state index in [0.29, 0.717) is 16.5 Å². The van der Waals surface area contributed by atoms with Crippen molar-refractivity contribution < 1.29 is 19.1 Å². The Morgan fingerprint density at radius 3 is 2.19 bits per heavy atom. The molecule has 0 atom stereocenters. The van der Waals surface area contributed by atoms with Gasteiger partial charge in [0.05, 0.1) is 12.6 Å². The Labute approximate surface area is 157 Å². The summed E-state index contributed by atoms with van der Waals surface area (Å²) in [6.07, 6.45) is 0.0840. The molecule has 0 aliphatic rings. The van der Waals surface area contributed by atoms with Crippen LogP contribution < -0.4 is 20.1 Å². The number of anilines is 1. The van der Waals surface area contributed by atoms with E-state index in [1.54, 1.807) is 48.5 Å². The molecular weight excluding hydrogens is 356 g/mol. The van der Waals surface area contributed by atoms with Gasteiger partial charge in [-0.2, -0.15) is 0 Å². The second-order valence-corrected chi connectivity index (χ2v) is 6.19. The van der Waals surface area contributed by atoms with Gasteiger partial charge in [-0.15, -0.1) is 0 Å². The van der Waals surface area contributed by atoms with Crippen molar-refractivity contribution in [2.24, 2.45) is 0 Å². The van der Waals surface area contributed by atoms with Crippen LogP contribution in [0.3, 0.4) is 0 Å². The molecular formula is C19H21ClN2O4. The van der Waals surface area contributed by atoms with Crippen LogP contribution in [0.5, 0.6) is 11.5 Å². The van der Waals surface area contributed by atoms with Crippen LogP contribution in [-0.4, -0.2) is 31.1 Å². The van der Waals surface area contributed by atoms with E-state index >= 15 is 0 Å². The summed E-state index contributed by atoms with van der Waals surface area (Å²) >= 11 is 5.77. The lowest BCUT2D eigenvalue weighted by molar-refractivity contribution is -0.125. The minimum Gasteiger partial charge on any atom is -0.491 e. The van der Waals surface area contributed by atoms with Crippen LogP contribution in [-0.2, 0) is 9.59 Å². The standard InChI is InChI=1S/C19H21ClN2O4/c1-13(2)26-17-9-5-15(6-10-17)22-18(23)11-21-19(24)12-25-16-7-3-14(20)4-8-16/h3-10,13H,11-12H2,1-2H3,(H,21,24)(H,22,23). The van der Waals surface area contributed by atoms with Crippen LogP contribution in [0.4, 0.5) is 5.69 Å². The molecule has 0 radical (unpaired) electrons. The average molecular weight is 377 g/mol. The zero-order chi connectivity index (χ0) is 18.9. The van der Waals surface area contributed by atoms with Gasteiger partial charge in [0.15, 0.2) is 6.61 Å². The van der Waals surface area contributed by atoms with Gasteiger partial charge in [0, 0.05) is 10.7 Å². The maximum Gasteiger partial charge on any atom is 0.258 e. The van der Waals surface area contributed by atoms with Crippen molar-refractivity contribution in [2.45, 2.75) is 20.0 Å². The van der Waals surface area contributed by atoms with Crippen molar-refractivity contribution in [1.29, 1.82) is 0 Å². The van der Waals surface area contributed by atoms with E-state index in [2.05, 4.69) is 10.6 Å². The van der Waals surface area contributed by atoms with E-state index in [1.807, 2.05) is 13.8 Å². The zero-order valence-corrected chi connectivity index (χ0v) is 15.4. The first-order valence-electron chi connectivity index (χ1n) is 8.14. The van der Waals surface area contributed by atoms with E-state index < -0.39 is 5.91 Å². The Balaban J connectivity index is 1.70. The highest BCUT2D eigenvalue weighted by Gasteiger charge is 2.07. The van der Waals surface area contributed by atoms with Crippen molar-refractivity contribution in [3.63, 3.8) is 0 Å². The molecule has 138 valence electrons. The molecule has 0 unspecified atom stereocenters. The first-order chi connectivity index (χ1) is 12.4. The molecule has 2 aromatic carbocycles. The normalized spacial score (nSPS) is 10.3. The zero-order valence-electron chi connectivity index (χ0n) is 14.6. The summed E-state index contributed by atoms with van der Waals surface area (Å²) in [4.78, 5) is 23.6. The van der Waals surface area contributed by atoms with Crippen LogP contribution in [0.1, 0.15) is 13.8 Å². The van der Waals surface area contributed by atoms with Crippen molar-refractivity contribution in [3.8, 4) is 11.5 Å². The molecule has 0 saturated heterocycles. The third-order valence-corrected chi connectivity index (χ3v) is 3.39. The van der Waals surface area contributed by atoms with Crippen LogP contribution in [0.15, 0.2) is 48.5 Å². The fraction of sp³-hybridized carbons (Fsp3) is 0.263. The molecule has 0 saturated carbocycles. The molecule has 0 aliphatic heterocycles. The number of halogens is 1. The number of carbonyl (C=O) groups excluding carboxylic acids is 2. The molecule has 2 amide bonds. The lowest BCUT2D eigenvalue weighted by atomic mass is 10.3. The predicted octanol–water partition coefficient (Wildman–Crippen LogP) is 3.26. The summed E-state index contributed by atoms with van der Waals surface area (Å²) in [5.41, 5.74) is 0.623. The van der Waals surface area contributed by atoms with Gasteiger partial charge in [-0.05, 0) is 62.4 Å². The Kier molecular flexibility index (Phi) is 7.29. The third kappa shape index (κ3) is 7.03. The number of ether oxygens (including phenoxy) is 2. The van der Waals surface area contributed by atoms with Gasteiger partial charge in [0.25, 0.3) is 5.91 Å². The lowest BCUT2D eigenvalue weighted by Crippen LogP contribution is -2.35. The Hall–Kier alpha value is -2.73. The van der Waals surface area contributed by atoms with Crippen LogP contribution in [0.2, 0.25) is 5.02 Å². The van der Waals surface area contributed by atoms with Crippen molar-refractivity contribution in [1.82, 2.24) is 5.32 Å². The maximum atomic E-state index is 11.9. The fourth-order valence-electron chi connectivity index (χ4n) is 2.00. The van der Waals surface area contributed by atoms with Crippen LogP contribution >= 0.6 is 11.6 Å². The predicted molar refractivity (Wildman–Crippen MR) is 101 cm³/mol. The largest absolute Gasteiger partial charge is 0.491 e.